The highest BCUT2D eigenvalue weighted by Gasteiger charge is 2.23. The number of benzene rings is 1. The molecule has 5 heterocycles. The van der Waals surface area contributed by atoms with Gasteiger partial charge >= 0.3 is 0 Å². The van der Waals surface area contributed by atoms with Gasteiger partial charge in [0.1, 0.15) is 34.8 Å². The molecule has 5 aromatic rings. The molecule has 1 aliphatic heterocycles. The molecule has 0 atom stereocenters. The highest BCUT2D eigenvalue weighted by atomic mass is 35.5. The molecule has 0 fully saturated rings. The van der Waals surface area contributed by atoms with Crippen molar-refractivity contribution in [3.8, 4) is 11.5 Å². The highest BCUT2D eigenvalue weighted by Crippen LogP contribution is 2.39. The van der Waals surface area contributed by atoms with Crippen LogP contribution < -0.4 is 10.1 Å². The molecule has 0 bridgehead atoms. The number of fused-ring (bicyclic) bond motifs is 4. The lowest BCUT2D eigenvalue weighted by molar-refractivity contribution is -0.118. The van der Waals surface area contributed by atoms with E-state index in [1.54, 1.807) is 51.5 Å². The number of halogens is 1. The zero-order valence-electron chi connectivity index (χ0n) is 19.4. The standard InChI is InChI=1S/C22H16ClN7O2S.C3H6/c23-16-7-13(1-3-17(16)32-14-2-4-19-24-11-27-30(19)8-14)28-21-20-15-5-6-29(12-31)9-18(15)33-22(20)26-10-25-21;1-3-2/h1-4,7-8,10-12H,5-6,9H2,(H,25,26,28);3H,1H2,2H3. The third-order valence-corrected chi connectivity index (χ3v) is 6.91. The summed E-state index contributed by atoms with van der Waals surface area (Å²) in [6.45, 7) is 6.55. The SMILES string of the molecule is C=CC.O=CN1CCc2c(sc3ncnc(Nc4ccc(Oc5ccc6ncnn6c5)c(Cl)c4)c23)C1. The van der Waals surface area contributed by atoms with Gasteiger partial charge < -0.3 is 15.0 Å². The monoisotopic (exact) mass is 519 g/mol. The Labute approximate surface area is 216 Å². The molecule has 11 heteroatoms. The van der Waals surface area contributed by atoms with Crippen LogP contribution in [0.2, 0.25) is 5.02 Å². The van der Waals surface area contributed by atoms with Gasteiger partial charge in [-0.3, -0.25) is 4.79 Å². The number of aromatic nitrogens is 5. The minimum Gasteiger partial charge on any atom is -0.454 e. The number of pyridine rings is 1. The van der Waals surface area contributed by atoms with E-state index in [4.69, 9.17) is 16.3 Å². The molecule has 0 saturated heterocycles. The normalized spacial score (nSPS) is 12.6. The van der Waals surface area contributed by atoms with Crippen molar-refractivity contribution in [1.82, 2.24) is 29.5 Å². The van der Waals surface area contributed by atoms with E-state index in [0.29, 0.717) is 29.6 Å². The van der Waals surface area contributed by atoms with Gasteiger partial charge in [0.05, 0.1) is 23.2 Å². The molecule has 0 spiro atoms. The Hall–Kier alpha value is -4.02. The van der Waals surface area contributed by atoms with Crippen molar-refractivity contribution in [1.29, 1.82) is 0 Å². The zero-order chi connectivity index (χ0) is 25.1. The topological polar surface area (TPSA) is 97.5 Å². The third-order valence-electron chi connectivity index (χ3n) is 5.48. The number of hydrogen-bond donors (Lipinski definition) is 1. The van der Waals surface area contributed by atoms with Crippen LogP contribution in [0.4, 0.5) is 11.5 Å². The predicted molar refractivity (Wildman–Crippen MR) is 141 cm³/mol. The Balaban J connectivity index is 0.000000848. The summed E-state index contributed by atoms with van der Waals surface area (Å²) in [5.41, 5.74) is 2.72. The quantitative estimate of drug-likeness (QED) is 0.237. The van der Waals surface area contributed by atoms with Crippen LogP contribution in [-0.4, -0.2) is 42.4 Å². The van der Waals surface area contributed by atoms with Gasteiger partial charge in [0, 0.05) is 17.1 Å². The summed E-state index contributed by atoms with van der Waals surface area (Å²) in [4.78, 5) is 28.0. The van der Waals surface area contributed by atoms with Gasteiger partial charge in [0.25, 0.3) is 0 Å². The number of allylic oxidation sites excluding steroid dienone is 1. The van der Waals surface area contributed by atoms with Gasteiger partial charge in [-0.05, 0) is 49.2 Å². The number of anilines is 2. The number of thiophene rings is 1. The van der Waals surface area contributed by atoms with Crippen molar-refractivity contribution in [2.75, 3.05) is 11.9 Å². The summed E-state index contributed by atoms with van der Waals surface area (Å²) >= 11 is 8.12. The van der Waals surface area contributed by atoms with Crippen LogP contribution >= 0.6 is 22.9 Å². The number of nitrogens with zero attached hydrogens (tertiary/aromatic N) is 6. The molecule has 0 saturated carbocycles. The van der Waals surface area contributed by atoms with Crippen molar-refractivity contribution < 1.29 is 9.53 Å². The molecule has 36 heavy (non-hydrogen) atoms. The summed E-state index contributed by atoms with van der Waals surface area (Å²) in [6, 6.07) is 9.12. The molecule has 1 amide bonds. The molecule has 0 radical (unpaired) electrons. The van der Waals surface area contributed by atoms with Crippen LogP contribution in [-0.2, 0) is 17.8 Å². The molecule has 4 aromatic heterocycles. The molecule has 9 nitrogen and oxygen atoms in total. The van der Waals surface area contributed by atoms with Crippen molar-refractivity contribution in [3.05, 3.63) is 77.3 Å². The Kier molecular flexibility index (Phi) is 6.79. The van der Waals surface area contributed by atoms with Gasteiger partial charge in [0.15, 0.2) is 5.65 Å². The molecule has 1 aromatic carbocycles. The molecular weight excluding hydrogens is 498 g/mol. The summed E-state index contributed by atoms with van der Waals surface area (Å²) in [5.74, 6) is 1.84. The third kappa shape index (κ3) is 4.73. The second-order valence-electron chi connectivity index (χ2n) is 7.94. The van der Waals surface area contributed by atoms with Crippen molar-refractivity contribution >= 4 is 56.7 Å². The Morgan fingerprint density at radius 2 is 2.06 bits per heavy atom. The molecule has 0 unspecified atom stereocenters. The fourth-order valence-corrected chi connectivity index (χ4v) is 5.35. The maximum atomic E-state index is 11.2. The van der Waals surface area contributed by atoms with E-state index in [9.17, 15) is 4.79 Å². The number of carbonyl (C=O) groups excluding carboxylic acids is 1. The first kappa shape index (κ1) is 23.7. The number of ether oxygens (including phenoxy) is 1. The van der Waals surface area contributed by atoms with E-state index in [0.717, 1.165) is 45.1 Å². The highest BCUT2D eigenvalue weighted by molar-refractivity contribution is 7.19. The predicted octanol–water partition coefficient (Wildman–Crippen LogP) is 5.63. The Morgan fingerprint density at radius 3 is 2.86 bits per heavy atom. The molecule has 182 valence electrons. The minimum absolute atomic E-state index is 0.456. The first-order chi connectivity index (χ1) is 17.6. The smallest absolute Gasteiger partial charge is 0.210 e. The minimum atomic E-state index is 0.456. The average molecular weight is 520 g/mol. The van der Waals surface area contributed by atoms with Crippen LogP contribution in [0.25, 0.3) is 15.9 Å². The maximum Gasteiger partial charge on any atom is 0.210 e. The van der Waals surface area contributed by atoms with Crippen LogP contribution in [0.5, 0.6) is 11.5 Å². The van der Waals surface area contributed by atoms with E-state index >= 15 is 0 Å². The van der Waals surface area contributed by atoms with Crippen LogP contribution in [0, 0.1) is 0 Å². The van der Waals surface area contributed by atoms with Crippen LogP contribution in [0.15, 0.2) is 61.8 Å². The number of rotatable bonds is 5. The van der Waals surface area contributed by atoms with Gasteiger partial charge in [-0.25, -0.2) is 19.5 Å². The lowest BCUT2D eigenvalue weighted by Crippen LogP contribution is -2.28. The Morgan fingerprint density at radius 1 is 1.19 bits per heavy atom. The van der Waals surface area contributed by atoms with Crippen LogP contribution in [0.3, 0.4) is 0 Å². The van der Waals surface area contributed by atoms with E-state index in [-0.39, 0.29) is 0 Å². The van der Waals surface area contributed by atoms with Gasteiger partial charge in [0.2, 0.25) is 6.41 Å². The van der Waals surface area contributed by atoms with Crippen molar-refractivity contribution in [2.24, 2.45) is 0 Å². The van der Waals surface area contributed by atoms with Crippen LogP contribution in [0.1, 0.15) is 17.4 Å². The van der Waals surface area contributed by atoms with Gasteiger partial charge in [-0.15, -0.1) is 17.9 Å². The second-order valence-corrected chi connectivity index (χ2v) is 9.43. The van der Waals surface area contributed by atoms with Crippen molar-refractivity contribution in [3.63, 3.8) is 0 Å². The summed E-state index contributed by atoms with van der Waals surface area (Å²) < 4.78 is 7.57. The summed E-state index contributed by atoms with van der Waals surface area (Å²) in [5, 5.41) is 8.94. The largest absolute Gasteiger partial charge is 0.454 e. The zero-order valence-corrected chi connectivity index (χ0v) is 21.0. The first-order valence-electron chi connectivity index (χ1n) is 11.1. The fraction of sp³-hybridized carbons (Fsp3) is 0.160. The van der Waals surface area contributed by atoms with E-state index in [1.165, 1.54) is 11.9 Å². The Bertz CT molecular complexity index is 1570. The second kappa shape index (κ2) is 10.3. The number of carbonyl (C=O) groups is 1. The molecule has 1 N–H and O–H groups in total. The van der Waals surface area contributed by atoms with Gasteiger partial charge in [-0.2, -0.15) is 5.10 Å². The average Bonchev–Trinajstić information content (AvgIpc) is 3.50. The number of amides is 1. The lowest BCUT2D eigenvalue weighted by Gasteiger charge is -2.22. The van der Waals surface area contributed by atoms with E-state index in [2.05, 4.69) is 31.9 Å². The van der Waals surface area contributed by atoms with Gasteiger partial charge in [-0.1, -0.05) is 17.7 Å². The first-order valence-corrected chi connectivity index (χ1v) is 12.3. The number of hydrogen-bond acceptors (Lipinski definition) is 8. The molecule has 0 aliphatic carbocycles. The van der Waals surface area contributed by atoms with Crippen molar-refractivity contribution in [2.45, 2.75) is 19.9 Å². The van der Waals surface area contributed by atoms with E-state index < -0.39 is 0 Å². The molecule has 1 aliphatic rings. The summed E-state index contributed by atoms with van der Waals surface area (Å²) in [6.07, 6.45) is 8.20. The molecular formula is C25H22ClN7O2S. The van der Waals surface area contributed by atoms with E-state index in [1.807, 2.05) is 25.1 Å². The maximum absolute atomic E-state index is 11.2. The number of nitrogens with one attached hydrogen (secondary N) is 1. The fourth-order valence-electron chi connectivity index (χ4n) is 3.92. The molecule has 6 rings (SSSR count). The summed E-state index contributed by atoms with van der Waals surface area (Å²) in [7, 11) is 0. The lowest BCUT2D eigenvalue weighted by atomic mass is 10.1.